The average molecular weight is 267 g/mol. The number of hydrogen-bond donors (Lipinski definition) is 2. The quantitative estimate of drug-likeness (QED) is 0.763. The molecule has 4 N–H and O–H groups in total. The Labute approximate surface area is 109 Å². The van der Waals surface area contributed by atoms with Crippen LogP contribution in [-0.4, -0.2) is 25.6 Å². The Morgan fingerprint density at radius 3 is 2.67 bits per heavy atom. The third-order valence-electron chi connectivity index (χ3n) is 3.56. The smallest absolute Gasteiger partial charge is 0.226 e. The number of halogens is 1. The molecule has 6 nitrogen and oxygen atoms in total. The van der Waals surface area contributed by atoms with E-state index in [-0.39, 0.29) is 5.28 Å². The Bertz CT molecular complexity index is 572. The fourth-order valence-corrected chi connectivity index (χ4v) is 2.73. The molecule has 0 aromatic carbocycles. The summed E-state index contributed by atoms with van der Waals surface area (Å²) in [5.41, 5.74) is 13.0. The summed E-state index contributed by atoms with van der Waals surface area (Å²) in [6.45, 7) is 0. The molecule has 7 heteroatoms. The van der Waals surface area contributed by atoms with E-state index < -0.39 is 0 Å². The lowest BCUT2D eigenvalue weighted by Gasteiger charge is -2.27. The van der Waals surface area contributed by atoms with Crippen LogP contribution in [0.15, 0.2) is 6.33 Å². The van der Waals surface area contributed by atoms with Crippen molar-refractivity contribution in [2.24, 2.45) is 5.73 Å². The Morgan fingerprint density at radius 2 is 1.94 bits per heavy atom. The molecule has 96 valence electrons. The highest BCUT2D eigenvalue weighted by atomic mass is 35.5. The van der Waals surface area contributed by atoms with Crippen LogP contribution in [0.2, 0.25) is 5.28 Å². The van der Waals surface area contributed by atoms with E-state index in [1.165, 1.54) is 0 Å². The van der Waals surface area contributed by atoms with Crippen LogP contribution in [0.25, 0.3) is 11.2 Å². The van der Waals surface area contributed by atoms with Crippen LogP contribution < -0.4 is 11.5 Å². The zero-order chi connectivity index (χ0) is 12.7. The van der Waals surface area contributed by atoms with Gasteiger partial charge in [0.2, 0.25) is 5.28 Å². The van der Waals surface area contributed by atoms with Crippen LogP contribution in [0.4, 0.5) is 5.82 Å². The van der Waals surface area contributed by atoms with Crippen molar-refractivity contribution in [3.63, 3.8) is 0 Å². The number of nitrogen functional groups attached to an aromatic ring is 1. The maximum atomic E-state index is 5.92. The molecule has 2 aromatic heterocycles. The van der Waals surface area contributed by atoms with Gasteiger partial charge in [-0.3, -0.25) is 0 Å². The predicted octanol–water partition coefficient (Wildman–Crippen LogP) is 1.50. The fraction of sp³-hybridized carbons (Fsp3) is 0.545. The summed E-state index contributed by atoms with van der Waals surface area (Å²) in [5, 5.41) is 0.161. The van der Waals surface area contributed by atoms with Gasteiger partial charge in [-0.25, -0.2) is 4.98 Å². The van der Waals surface area contributed by atoms with Gasteiger partial charge < -0.3 is 16.0 Å². The number of aromatic nitrogens is 4. The molecule has 18 heavy (non-hydrogen) atoms. The van der Waals surface area contributed by atoms with Crippen molar-refractivity contribution in [1.82, 2.24) is 19.5 Å². The standard InChI is InChI=1S/C11H15ClN6/c12-11-16-9(14)8-10(17-11)18(5-15-8)7-3-1-6(13)2-4-7/h5-7H,1-4,13H2,(H2,14,16,17). The van der Waals surface area contributed by atoms with Gasteiger partial charge in [-0.15, -0.1) is 0 Å². The normalized spacial score (nSPS) is 24.6. The second-order valence-corrected chi connectivity index (χ2v) is 5.11. The van der Waals surface area contributed by atoms with Crippen molar-refractivity contribution in [2.45, 2.75) is 37.8 Å². The van der Waals surface area contributed by atoms with Gasteiger partial charge in [-0.2, -0.15) is 9.97 Å². The van der Waals surface area contributed by atoms with E-state index in [9.17, 15) is 0 Å². The number of nitrogens with zero attached hydrogens (tertiary/aromatic N) is 4. The van der Waals surface area contributed by atoms with E-state index in [4.69, 9.17) is 23.1 Å². The van der Waals surface area contributed by atoms with Gasteiger partial charge in [0, 0.05) is 12.1 Å². The molecule has 0 atom stereocenters. The molecule has 0 spiro atoms. The molecule has 0 aliphatic heterocycles. The minimum absolute atomic E-state index is 0.161. The van der Waals surface area contributed by atoms with Crippen LogP contribution in [0.3, 0.4) is 0 Å². The maximum absolute atomic E-state index is 5.92. The highest BCUT2D eigenvalue weighted by Crippen LogP contribution is 2.30. The van der Waals surface area contributed by atoms with Crippen molar-refractivity contribution in [3.8, 4) is 0 Å². The molecule has 1 saturated carbocycles. The third kappa shape index (κ3) is 1.91. The Morgan fingerprint density at radius 1 is 1.22 bits per heavy atom. The van der Waals surface area contributed by atoms with Crippen molar-refractivity contribution in [2.75, 3.05) is 5.73 Å². The van der Waals surface area contributed by atoms with Crippen LogP contribution >= 0.6 is 11.6 Å². The molecule has 0 bridgehead atoms. The van der Waals surface area contributed by atoms with E-state index >= 15 is 0 Å². The maximum Gasteiger partial charge on any atom is 0.226 e. The minimum Gasteiger partial charge on any atom is -0.382 e. The predicted molar refractivity (Wildman–Crippen MR) is 70.2 cm³/mol. The fourth-order valence-electron chi connectivity index (χ4n) is 2.56. The van der Waals surface area contributed by atoms with Gasteiger partial charge in [0.15, 0.2) is 11.5 Å². The van der Waals surface area contributed by atoms with Gasteiger partial charge in [0.05, 0.1) is 6.33 Å². The molecular formula is C11H15ClN6. The third-order valence-corrected chi connectivity index (χ3v) is 3.72. The summed E-state index contributed by atoms with van der Waals surface area (Å²) in [6, 6.07) is 0.694. The summed E-state index contributed by atoms with van der Waals surface area (Å²) in [7, 11) is 0. The SMILES string of the molecule is Nc1nc(Cl)nc2c1ncn2C1CCC(N)CC1. The number of imidazole rings is 1. The van der Waals surface area contributed by atoms with Crippen molar-refractivity contribution < 1.29 is 0 Å². The number of anilines is 1. The molecule has 0 unspecified atom stereocenters. The highest BCUT2D eigenvalue weighted by molar-refractivity contribution is 6.28. The number of rotatable bonds is 1. The molecule has 0 radical (unpaired) electrons. The van der Waals surface area contributed by atoms with Gasteiger partial charge in [0.25, 0.3) is 0 Å². The summed E-state index contributed by atoms with van der Waals surface area (Å²) < 4.78 is 2.05. The Balaban J connectivity index is 2.02. The second kappa shape index (κ2) is 4.37. The number of hydrogen-bond acceptors (Lipinski definition) is 5. The molecule has 1 aliphatic rings. The number of nitrogens with two attached hydrogens (primary N) is 2. The molecule has 1 fully saturated rings. The van der Waals surface area contributed by atoms with E-state index in [0.717, 1.165) is 25.7 Å². The molecule has 0 amide bonds. The average Bonchev–Trinajstić information content (AvgIpc) is 2.74. The molecule has 2 aromatic rings. The molecule has 0 saturated heterocycles. The van der Waals surface area contributed by atoms with Crippen molar-refractivity contribution in [1.29, 1.82) is 0 Å². The lowest BCUT2D eigenvalue weighted by molar-refractivity contribution is 0.328. The first-order valence-electron chi connectivity index (χ1n) is 6.06. The van der Waals surface area contributed by atoms with Gasteiger partial charge in [-0.05, 0) is 37.3 Å². The second-order valence-electron chi connectivity index (χ2n) is 4.77. The van der Waals surface area contributed by atoms with E-state index in [1.54, 1.807) is 6.33 Å². The largest absolute Gasteiger partial charge is 0.382 e. The monoisotopic (exact) mass is 266 g/mol. The lowest BCUT2D eigenvalue weighted by Crippen LogP contribution is -2.27. The topological polar surface area (TPSA) is 95.6 Å². The first-order chi connectivity index (χ1) is 8.65. The van der Waals surface area contributed by atoms with Crippen molar-refractivity contribution >= 4 is 28.6 Å². The summed E-state index contributed by atoms with van der Waals surface area (Å²) in [5.74, 6) is 0.330. The van der Waals surface area contributed by atoms with E-state index in [0.29, 0.717) is 29.1 Å². The summed E-state index contributed by atoms with van der Waals surface area (Å²) >= 11 is 5.85. The van der Waals surface area contributed by atoms with Gasteiger partial charge in [0.1, 0.15) is 5.52 Å². The first kappa shape index (κ1) is 11.7. The van der Waals surface area contributed by atoms with E-state index in [2.05, 4.69) is 15.0 Å². The van der Waals surface area contributed by atoms with Crippen LogP contribution in [0, 0.1) is 0 Å². The lowest BCUT2D eigenvalue weighted by atomic mass is 9.92. The first-order valence-corrected chi connectivity index (χ1v) is 6.44. The molecule has 3 rings (SSSR count). The Hall–Kier alpha value is -1.40. The molecular weight excluding hydrogens is 252 g/mol. The summed E-state index contributed by atoms with van der Waals surface area (Å²) in [4.78, 5) is 12.4. The molecule has 2 heterocycles. The zero-order valence-electron chi connectivity index (χ0n) is 9.88. The van der Waals surface area contributed by atoms with Crippen molar-refractivity contribution in [3.05, 3.63) is 11.6 Å². The van der Waals surface area contributed by atoms with Gasteiger partial charge >= 0.3 is 0 Å². The zero-order valence-corrected chi connectivity index (χ0v) is 10.6. The Kier molecular flexibility index (Phi) is 2.83. The minimum atomic E-state index is 0.161. The molecule has 1 aliphatic carbocycles. The highest BCUT2D eigenvalue weighted by Gasteiger charge is 2.22. The summed E-state index contributed by atoms with van der Waals surface area (Å²) in [6.07, 6.45) is 5.90. The number of fused-ring (bicyclic) bond motifs is 1. The van der Waals surface area contributed by atoms with E-state index in [1.807, 2.05) is 4.57 Å². The van der Waals surface area contributed by atoms with Crippen LogP contribution in [0.1, 0.15) is 31.7 Å². The van der Waals surface area contributed by atoms with Crippen LogP contribution in [0.5, 0.6) is 0 Å². The van der Waals surface area contributed by atoms with Crippen LogP contribution in [-0.2, 0) is 0 Å². The van der Waals surface area contributed by atoms with Gasteiger partial charge in [-0.1, -0.05) is 0 Å².